The molecule has 0 saturated carbocycles. The number of hydrogen-bond donors (Lipinski definition) is 1. The Bertz CT molecular complexity index is 185. The Morgan fingerprint density at radius 3 is 2.50 bits per heavy atom. The molecule has 0 radical (unpaired) electrons. The van der Waals surface area contributed by atoms with Crippen LogP contribution in [0.3, 0.4) is 0 Å². The Morgan fingerprint density at radius 1 is 1.31 bits per heavy atom. The molecule has 2 nitrogen and oxygen atoms in total. The number of hydrogen-bond acceptors (Lipinski definition) is 2. The molecule has 0 spiro atoms. The van der Waals surface area contributed by atoms with Crippen molar-refractivity contribution in [3.05, 3.63) is 0 Å². The average Bonchev–Trinajstić information content (AvgIpc) is 2.74. The van der Waals surface area contributed by atoms with E-state index in [1.165, 1.54) is 51.9 Å². The molecule has 1 fully saturated rings. The van der Waals surface area contributed by atoms with Gasteiger partial charge in [0.2, 0.25) is 0 Å². The van der Waals surface area contributed by atoms with Gasteiger partial charge in [-0.15, -0.1) is 0 Å². The van der Waals surface area contributed by atoms with Gasteiger partial charge in [0.05, 0.1) is 0 Å². The Morgan fingerprint density at radius 2 is 2.06 bits per heavy atom. The fourth-order valence-electron chi connectivity index (χ4n) is 3.02. The molecule has 96 valence electrons. The van der Waals surface area contributed by atoms with Crippen molar-refractivity contribution in [2.45, 2.75) is 59.4 Å². The quantitative estimate of drug-likeness (QED) is 0.718. The summed E-state index contributed by atoms with van der Waals surface area (Å²) in [6, 6.07) is 0.735. The molecule has 2 unspecified atom stereocenters. The molecule has 1 N–H and O–H groups in total. The topological polar surface area (TPSA) is 15.3 Å². The molecule has 1 aliphatic heterocycles. The zero-order valence-corrected chi connectivity index (χ0v) is 11.7. The van der Waals surface area contributed by atoms with Crippen molar-refractivity contribution in [1.82, 2.24) is 10.2 Å². The zero-order chi connectivity index (χ0) is 12.0. The van der Waals surface area contributed by atoms with E-state index in [0.29, 0.717) is 5.41 Å². The van der Waals surface area contributed by atoms with Crippen LogP contribution in [0.25, 0.3) is 0 Å². The summed E-state index contributed by atoms with van der Waals surface area (Å²) < 4.78 is 0. The highest BCUT2D eigenvalue weighted by molar-refractivity contribution is 4.90. The van der Waals surface area contributed by atoms with Gasteiger partial charge in [-0.1, -0.05) is 27.2 Å². The van der Waals surface area contributed by atoms with Crippen LogP contribution in [0.5, 0.6) is 0 Å². The summed E-state index contributed by atoms with van der Waals surface area (Å²) in [5, 5.41) is 3.56. The van der Waals surface area contributed by atoms with Gasteiger partial charge in [-0.3, -0.25) is 0 Å². The van der Waals surface area contributed by atoms with Crippen LogP contribution < -0.4 is 5.32 Å². The van der Waals surface area contributed by atoms with Crippen molar-refractivity contribution in [1.29, 1.82) is 0 Å². The van der Waals surface area contributed by atoms with Crippen molar-refractivity contribution in [2.24, 2.45) is 5.41 Å². The second-order valence-corrected chi connectivity index (χ2v) is 5.50. The van der Waals surface area contributed by atoms with Crippen LogP contribution in [0.1, 0.15) is 53.4 Å². The van der Waals surface area contributed by atoms with Crippen LogP contribution in [0.4, 0.5) is 0 Å². The summed E-state index contributed by atoms with van der Waals surface area (Å²) in [6.45, 7) is 14.2. The van der Waals surface area contributed by atoms with E-state index in [-0.39, 0.29) is 0 Å². The molecule has 0 aromatic rings. The predicted octanol–water partition coefficient (Wildman–Crippen LogP) is 2.89. The summed E-state index contributed by atoms with van der Waals surface area (Å²) >= 11 is 0. The third kappa shape index (κ3) is 3.46. The normalized spacial score (nSPS) is 27.6. The van der Waals surface area contributed by atoms with E-state index < -0.39 is 0 Å². The molecule has 1 rings (SSSR count). The highest BCUT2D eigenvalue weighted by atomic mass is 15.2. The molecule has 0 amide bonds. The lowest BCUT2D eigenvalue weighted by atomic mass is 9.81. The Hall–Kier alpha value is -0.0800. The first-order valence-corrected chi connectivity index (χ1v) is 7.12. The number of nitrogens with zero attached hydrogens (tertiary/aromatic N) is 1. The summed E-state index contributed by atoms with van der Waals surface area (Å²) in [4.78, 5) is 2.67. The second kappa shape index (κ2) is 6.61. The van der Waals surface area contributed by atoms with E-state index in [2.05, 4.69) is 37.9 Å². The van der Waals surface area contributed by atoms with E-state index in [9.17, 15) is 0 Å². The zero-order valence-electron chi connectivity index (χ0n) is 11.7. The lowest BCUT2D eigenvalue weighted by Gasteiger charge is -2.37. The van der Waals surface area contributed by atoms with Crippen LogP contribution in [-0.2, 0) is 0 Å². The molecule has 2 heteroatoms. The maximum Gasteiger partial charge on any atom is 0.00644 e. The largest absolute Gasteiger partial charge is 0.316 e. The molecular formula is C14H30N2. The minimum atomic E-state index is 0.564. The highest BCUT2D eigenvalue weighted by Crippen LogP contribution is 2.32. The van der Waals surface area contributed by atoms with Crippen molar-refractivity contribution >= 4 is 0 Å². The van der Waals surface area contributed by atoms with E-state index in [1.807, 2.05) is 0 Å². The minimum Gasteiger partial charge on any atom is -0.316 e. The molecule has 0 bridgehead atoms. The fraction of sp³-hybridized carbons (Fsp3) is 1.00. The third-order valence-corrected chi connectivity index (χ3v) is 4.27. The molecule has 2 atom stereocenters. The number of nitrogens with one attached hydrogen (secondary N) is 1. The van der Waals surface area contributed by atoms with Crippen LogP contribution in [0, 0.1) is 5.41 Å². The van der Waals surface area contributed by atoms with Crippen molar-refractivity contribution < 1.29 is 0 Å². The molecule has 0 aromatic carbocycles. The maximum absolute atomic E-state index is 3.56. The van der Waals surface area contributed by atoms with E-state index >= 15 is 0 Å². The van der Waals surface area contributed by atoms with E-state index in [0.717, 1.165) is 6.04 Å². The predicted molar refractivity (Wildman–Crippen MR) is 71.8 cm³/mol. The molecule has 1 saturated heterocycles. The minimum absolute atomic E-state index is 0.564. The van der Waals surface area contributed by atoms with Gasteiger partial charge in [0.25, 0.3) is 0 Å². The lowest BCUT2D eigenvalue weighted by molar-refractivity contribution is 0.121. The molecule has 0 aliphatic carbocycles. The van der Waals surface area contributed by atoms with Gasteiger partial charge in [-0.25, -0.2) is 0 Å². The summed E-state index contributed by atoms with van der Waals surface area (Å²) in [5.74, 6) is 0. The Labute approximate surface area is 102 Å². The second-order valence-electron chi connectivity index (χ2n) is 5.50. The van der Waals surface area contributed by atoms with Crippen molar-refractivity contribution in [3.8, 4) is 0 Å². The number of rotatable bonds is 7. The smallest absolute Gasteiger partial charge is 0.00644 e. The summed E-state index contributed by atoms with van der Waals surface area (Å²) in [5.41, 5.74) is 0.564. The van der Waals surface area contributed by atoms with Gasteiger partial charge < -0.3 is 10.2 Å². The van der Waals surface area contributed by atoms with Gasteiger partial charge in [0, 0.05) is 19.1 Å². The fourth-order valence-corrected chi connectivity index (χ4v) is 3.02. The van der Waals surface area contributed by atoms with Gasteiger partial charge in [-0.2, -0.15) is 0 Å². The van der Waals surface area contributed by atoms with Crippen molar-refractivity contribution in [2.75, 3.05) is 26.2 Å². The monoisotopic (exact) mass is 226 g/mol. The summed E-state index contributed by atoms with van der Waals surface area (Å²) in [7, 11) is 0. The standard InChI is InChI=1S/C14H30N2/c1-5-8-14(9-10-15-11-14)12-16(7-3)13(4)6-2/h13,15H,5-12H2,1-4H3. The first kappa shape index (κ1) is 14.0. The highest BCUT2D eigenvalue weighted by Gasteiger charge is 2.34. The molecular weight excluding hydrogens is 196 g/mol. The van der Waals surface area contributed by atoms with Crippen molar-refractivity contribution in [3.63, 3.8) is 0 Å². The average molecular weight is 226 g/mol. The first-order chi connectivity index (χ1) is 7.67. The molecule has 1 aliphatic rings. The van der Waals surface area contributed by atoms with Gasteiger partial charge in [0.15, 0.2) is 0 Å². The van der Waals surface area contributed by atoms with Gasteiger partial charge in [0.1, 0.15) is 0 Å². The van der Waals surface area contributed by atoms with Crippen LogP contribution in [-0.4, -0.2) is 37.1 Å². The third-order valence-electron chi connectivity index (χ3n) is 4.27. The molecule has 0 aromatic heterocycles. The first-order valence-electron chi connectivity index (χ1n) is 7.12. The Balaban J connectivity index is 2.58. The van der Waals surface area contributed by atoms with E-state index in [4.69, 9.17) is 0 Å². The Kier molecular flexibility index (Phi) is 5.77. The van der Waals surface area contributed by atoms with Gasteiger partial charge >= 0.3 is 0 Å². The van der Waals surface area contributed by atoms with Crippen LogP contribution >= 0.6 is 0 Å². The van der Waals surface area contributed by atoms with Crippen LogP contribution in [0.2, 0.25) is 0 Å². The van der Waals surface area contributed by atoms with E-state index in [1.54, 1.807) is 0 Å². The lowest BCUT2D eigenvalue weighted by Crippen LogP contribution is -2.43. The maximum atomic E-state index is 3.56. The SMILES string of the molecule is CCCC1(CN(CC)C(C)CC)CCNC1. The summed E-state index contributed by atoms with van der Waals surface area (Å²) in [6.07, 6.45) is 5.34. The molecule has 16 heavy (non-hydrogen) atoms. The molecule has 1 heterocycles. The van der Waals surface area contributed by atoms with Crippen LogP contribution in [0.15, 0.2) is 0 Å². The van der Waals surface area contributed by atoms with Gasteiger partial charge in [-0.05, 0) is 44.7 Å².